The Hall–Kier alpha value is -1.89. The van der Waals surface area contributed by atoms with Crippen LogP contribution in [0, 0.1) is 17.1 Å². The molecular weight excluding hydrogens is 219 g/mol. The molecule has 1 rings (SSSR count). The van der Waals surface area contributed by atoms with Crippen molar-refractivity contribution in [1.29, 1.82) is 5.26 Å². The highest BCUT2D eigenvalue weighted by molar-refractivity contribution is 5.78. The molecule has 0 saturated carbocycles. The average molecular weight is 234 g/mol. The SMILES string of the molecule is CC(C)(Cc1ccc(F)cc1)NC(=O)CC#N. The first kappa shape index (κ1) is 13.2. The maximum atomic E-state index is 12.7. The van der Waals surface area contributed by atoms with Gasteiger partial charge in [-0.25, -0.2) is 4.39 Å². The van der Waals surface area contributed by atoms with Crippen molar-refractivity contribution in [3.8, 4) is 6.07 Å². The summed E-state index contributed by atoms with van der Waals surface area (Å²) in [7, 11) is 0. The smallest absolute Gasteiger partial charge is 0.234 e. The Morgan fingerprint density at radius 1 is 1.41 bits per heavy atom. The van der Waals surface area contributed by atoms with E-state index >= 15 is 0 Å². The van der Waals surface area contributed by atoms with Crippen molar-refractivity contribution in [2.75, 3.05) is 0 Å². The number of rotatable bonds is 4. The van der Waals surface area contributed by atoms with Crippen molar-refractivity contribution in [3.63, 3.8) is 0 Å². The Balaban J connectivity index is 2.63. The van der Waals surface area contributed by atoms with Crippen LogP contribution in [-0.4, -0.2) is 11.4 Å². The summed E-state index contributed by atoms with van der Waals surface area (Å²) in [5.41, 5.74) is 0.486. The van der Waals surface area contributed by atoms with Gasteiger partial charge in [-0.05, 0) is 38.0 Å². The Labute approximate surface area is 100 Å². The van der Waals surface area contributed by atoms with Gasteiger partial charge in [0.1, 0.15) is 12.2 Å². The first-order valence-corrected chi connectivity index (χ1v) is 5.35. The third-order valence-electron chi connectivity index (χ3n) is 2.28. The van der Waals surface area contributed by atoms with Crippen LogP contribution in [0.5, 0.6) is 0 Å². The van der Waals surface area contributed by atoms with Gasteiger partial charge in [-0.15, -0.1) is 0 Å². The number of amides is 1. The topological polar surface area (TPSA) is 52.9 Å². The zero-order valence-electron chi connectivity index (χ0n) is 9.96. The molecule has 0 unspecified atom stereocenters. The summed E-state index contributed by atoms with van der Waals surface area (Å²) < 4.78 is 12.7. The maximum absolute atomic E-state index is 12.7. The second-order valence-electron chi connectivity index (χ2n) is 4.57. The minimum atomic E-state index is -0.453. The Bertz CT molecular complexity index is 432. The van der Waals surface area contributed by atoms with Crippen molar-refractivity contribution in [2.45, 2.75) is 32.2 Å². The number of nitrogens with one attached hydrogen (secondary N) is 1. The number of halogens is 1. The van der Waals surface area contributed by atoms with Crippen molar-refractivity contribution in [1.82, 2.24) is 5.32 Å². The summed E-state index contributed by atoms with van der Waals surface area (Å²) >= 11 is 0. The lowest BCUT2D eigenvalue weighted by Gasteiger charge is -2.26. The largest absolute Gasteiger partial charge is 0.350 e. The van der Waals surface area contributed by atoms with Gasteiger partial charge in [0.25, 0.3) is 0 Å². The fraction of sp³-hybridized carbons (Fsp3) is 0.385. The summed E-state index contributed by atoms with van der Waals surface area (Å²) in [4.78, 5) is 11.3. The van der Waals surface area contributed by atoms with Crippen molar-refractivity contribution in [3.05, 3.63) is 35.6 Å². The van der Waals surface area contributed by atoms with Gasteiger partial charge < -0.3 is 5.32 Å². The second-order valence-corrected chi connectivity index (χ2v) is 4.57. The van der Waals surface area contributed by atoms with E-state index in [4.69, 9.17) is 5.26 Å². The molecule has 4 heteroatoms. The van der Waals surface area contributed by atoms with E-state index in [9.17, 15) is 9.18 Å². The summed E-state index contributed by atoms with van der Waals surface area (Å²) in [5.74, 6) is -0.570. The van der Waals surface area contributed by atoms with E-state index in [2.05, 4.69) is 5.32 Å². The molecule has 17 heavy (non-hydrogen) atoms. The van der Waals surface area contributed by atoms with Crippen molar-refractivity contribution >= 4 is 5.91 Å². The molecule has 1 aromatic rings. The lowest BCUT2D eigenvalue weighted by atomic mass is 9.95. The normalized spacial score (nSPS) is 10.7. The van der Waals surface area contributed by atoms with Gasteiger partial charge >= 0.3 is 0 Å². The van der Waals surface area contributed by atoms with E-state index in [1.807, 2.05) is 13.8 Å². The molecule has 0 bridgehead atoms. The number of carbonyl (C=O) groups excluding carboxylic acids is 1. The molecule has 1 aromatic carbocycles. The van der Waals surface area contributed by atoms with E-state index in [0.717, 1.165) is 5.56 Å². The van der Waals surface area contributed by atoms with Crippen LogP contribution in [0.15, 0.2) is 24.3 Å². The van der Waals surface area contributed by atoms with Gasteiger partial charge in [0, 0.05) is 5.54 Å². The number of hydrogen-bond acceptors (Lipinski definition) is 2. The molecule has 0 aromatic heterocycles. The van der Waals surface area contributed by atoms with Crippen LogP contribution in [-0.2, 0) is 11.2 Å². The Morgan fingerprint density at radius 3 is 2.53 bits per heavy atom. The molecule has 0 aliphatic rings. The molecule has 3 nitrogen and oxygen atoms in total. The van der Waals surface area contributed by atoms with E-state index < -0.39 is 5.54 Å². The van der Waals surface area contributed by atoms with Gasteiger partial charge in [-0.3, -0.25) is 4.79 Å². The highest BCUT2D eigenvalue weighted by Gasteiger charge is 2.20. The number of carbonyl (C=O) groups is 1. The van der Waals surface area contributed by atoms with Crippen molar-refractivity contribution < 1.29 is 9.18 Å². The van der Waals surface area contributed by atoms with E-state index in [0.29, 0.717) is 6.42 Å². The van der Waals surface area contributed by atoms with Gasteiger partial charge in [0.2, 0.25) is 5.91 Å². The Morgan fingerprint density at radius 2 is 2.00 bits per heavy atom. The predicted molar refractivity (Wildman–Crippen MR) is 62.6 cm³/mol. The van der Waals surface area contributed by atoms with Gasteiger partial charge in [0.05, 0.1) is 6.07 Å². The molecule has 0 fully saturated rings. The molecule has 1 amide bonds. The van der Waals surface area contributed by atoms with Crippen LogP contribution in [0.2, 0.25) is 0 Å². The van der Waals surface area contributed by atoms with Crippen LogP contribution in [0.4, 0.5) is 4.39 Å². The molecule has 0 atom stereocenters. The minimum Gasteiger partial charge on any atom is -0.350 e. The molecule has 0 aliphatic heterocycles. The Kier molecular flexibility index (Phi) is 4.22. The molecule has 0 radical (unpaired) electrons. The molecule has 1 N–H and O–H groups in total. The summed E-state index contributed by atoms with van der Waals surface area (Å²) in [6.07, 6.45) is 0.442. The second kappa shape index (κ2) is 5.44. The lowest BCUT2D eigenvalue weighted by Crippen LogP contribution is -2.44. The zero-order chi connectivity index (χ0) is 12.9. The maximum Gasteiger partial charge on any atom is 0.234 e. The predicted octanol–water partition coefficient (Wildman–Crippen LogP) is 2.18. The van der Waals surface area contributed by atoms with E-state index in [-0.39, 0.29) is 18.1 Å². The molecular formula is C13H15FN2O. The molecule has 0 spiro atoms. The van der Waals surface area contributed by atoms with Crippen LogP contribution in [0.3, 0.4) is 0 Å². The molecule has 90 valence electrons. The van der Waals surface area contributed by atoms with Crippen molar-refractivity contribution in [2.24, 2.45) is 0 Å². The van der Waals surface area contributed by atoms with Crippen LogP contribution in [0.25, 0.3) is 0 Å². The standard InChI is InChI=1S/C13H15FN2O/c1-13(2,16-12(17)7-8-15)9-10-3-5-11(14)6-4-10/h3-6H,7,9H2,1-2H3,(H,16,17). The number of benzene rings is 1. The third-order valence-corrected chi connectivity index (χ3v) is 2.28. The zero-order valence-corrected chi connectivity index (χ0v) is 9.96. The minimum absolute atomic E-state index is 0.146. The number of hydrogen-bond donors (Lipinski definition) is 1. The third kappa shape index (κ3) is 4.64. The average Bonchev–Trinajstić information content (AvgIpc) is 2.20. The van der Waals surface area contributed by atoms with Gasteiger partial charge in [-0.1, -0.05) is 12.1 Å². The van der Waals surface area contributed by atoms with Crippen LogP contribution in [0.1, 0.15) is 25.8 Å². The van der Waals surface area contributed by atoms with Gasteiger partial charge in [0.15, 0.2) is 0 Å². The quantitative estimate of drug-likeness (QED) is 0.868. The monoisotopic (exact) mass is 234 g/mol. The van der Waals surface area contributed by atoms with Gasteiger partial charge in [-0.2, -0.15) is 5.26 Å². The fourth-order valence-electron chi connectivity index (χ4n) is 1.65. The molecule has 0 heterocycles. The lowest BCUT2D eigenvalue weighted by molar-refractivity contribution is -0.121. The number of nitriles is 1. The molecule has 0 aliphatic carbocycles. The number of nitrogens with zero attached hydrogens (tertiary/aromatic N) is 1. The van der Waals surface area contributed by atoms with Crippen LogP contribution >= 0.6 is 0 Å². The summed E-state index contributed by atoms with van der Waals surface area (Å²) in [5, 5.41) is 11.2. The first-order valence-electron chi connectivity index (χ1n) is 5.35. The fourth-order valence-corrected chi connectivity index (χ4v) is 1.65. The first-order chi connectivity index (χ1) is 7.93. The summed E-state index contributed by atoms with van der Waals surface area (Å²) in [6.45, 7) is 3.73. The van der Waals surface area contributed by atoms with E-state index in [1.165, 1.54) is 12.1 Å². The highest BCUT2D eigenvalue weighted by Crippen LogP contribution is 2.13. The summed E-state index contributed by atoms with van der Waals surface area (Å²) in [6, 6.07) is 7.96. The highest BCUT2D eigenvalue weighted by atomic mass is 19.1. The molecule has 0 saturated heterocycles. The van der Waals surface area contributed by atoms with Crippen LogP contribution < -0.4 is 5.32 Å². The van der Waals surface area contributed by atoms with E-state index in [1.54, 1.807) is 18.2 Å².